The van der Waals surface area contributed by atoms with Crippen LogP contribution in [0.15, 0.2) is 86.0 Å². The quantitative estimate of drug-likeness (QED) is 0.0785. The second-order valence-corrected chi connectivity index (χ2v) is 11.0. The molecule has 0 spiro atoms. The Morgan fingerprint density at radius 3 is 1.27 bits per heavy atom. The highest BCUT2D eigenvalue weighted by Crippen LogP contribution is 2.11. The maximum atomic E-state index is 3.32. The average molecular weight is 537 g/mol. The first-order valence-electron chi connectivity index (χ1n) is 15.6. The number of nitrogens with zero attached hydrogens (tertiary/aromatic N) is 4. The van der Waals surface area contributed by atoms with Crippen LogP contribution in [0.1, 0.15) is 102 Å². The average Bonchev–Trinajstić information content (AvgIpc) is 3.66. The first kappa shape index (κ1) is 29.4. The van der Waals surface area contributed by atoms with E-state index in [-0.39, 0.29) is 0 Å². The molecule has 0 fully saturated rings. The van der Waals surface area contributed by atoms with Crippen molar-refractivity contribution in [3.05, 3.63) is 97.1 Å². The van der Waals surface area contributed by atoms with Gasteiger partial charge in [-0.3, -0.25) is 0 Å². The highest BCUT2D eigenvalue weighted by Gasteiger charge is 2.08. The number of unbranched alkanes of at least 4 members (excludes halogenated alkanes) is 10. The highest BCUT2D eigenvalue weighted by atomic mass is 15.1. The summed E-state index contributed by atoms with van der Waals surface area (Å²) >= 11 is 0. The SMILES string of the molecule is CCCCCCCC[n+]1ccn(-c2ccc(C#Cc3ccc(-n4cc[n+](CCCCCCCC)c4)cc3)cc2)c1. The van der Waals surface area contributed by atoms with Gasteiger partial charge in [0.15, 0.2) is 0 Å². The normalized spacial score (nSPS) is 10.9. The highest BCUT2D eigenvalue weighted by molar-refractivity contribution is 5.47. The largest absolute Gasteiger partial charge is 0.248 e. The van der Waals surface area contributed by atoms with Gasteiger partial charge in [-0.05, 0) is 74.2 Å². The maximum absolute atomic E-state index is 3.32. The van der Waals surface area contributed by atoms with Gasteiger partial charge in [0.25, 0.3) is 0 Å². The smallest absolute Gasteiger partial charge is 0.236 e. The molecule has 4 aromatic rings. The van der Waals surface area contributed by atoms with Gasteiger partial charge in [-0.15, -0.1) is 0 Å². The van der Waals surface area contributed by atoms with Crippen molar-refractivity contribution in [3.63, 3.8) is 0 Å². The van der Waals surface area contributed by atoms with Crippen LogP contribution in [0.5, 0.6) is 0 Å². The second-order valence-electron chi connectivity index (χ2n) is 11.0. The van der Waals surface area contributed by atoms with Gasteiger partial charge in [-0.25, -0.2) is 18.3 Å². The molecule has 0 bridgehead atoms. The number of imidazole rings is 2. The van der Waals surface area contributed by atoms with E-state index < -0.39 is 0 Å². The first-order chi connectivity index (χ1) is 19.7. The van der Waals surface area contributed by atoms with Gasteiger partial charge in [-0.2, -0.15) is 0 Å². The second kappa shape index (κ2) is 16.5. The van der Waals surface area contributed by atoms with Crippen molar-refractivity contribution in [1.82, 2.24) is 9.13 Å². The number of rotatable bonds is 16. The summed E-state index contributed by atoms with van der Waals surface area (Å²) in [6.07, 6.45) is 28.9. The molecule has 2 aromatic heterocycles. The van der Waals surface area contributed by atoms with Gasteiger partial charge >= 0.3 is 0 Å². The summed E-state index contributed by atoms with van der Waals surface area (Å²) in [6.45, 7) is 6.72. The Morgan fingerprint density at radius 2 is 0.875 bits per heavy atom. The standard InChI is InChI=1S/C36H48N4/c1-3-5-7-9-11-13-25-37-27-29-39(31-37)35-21-17-33(18-22-35)15-16-34-19-23-36(24-20-34)40-30-28-38(32-40)26-14-12-10-8-6-4-2/h17-24,27-32H,3-14,25-26H2,1-2H3/q+2. The minimum absolute atomic E-state index is 1.03. The van der Waals surface area contributed by atoms with Crippen molar-refractivity contribution in [3.8, 4) is 23.2 Å². The van der Waals surface area contributed by atoms with E-state index in [1.54, 1.807) is 0 Å². The molecule has 40 heavy (non-hydrogen) atoms. The molecule has 0 aliphatic heterocycles. The molecule has 4 nitrogen and oxygen atoms in total. The summed E-state index contributed by atoms with van der Waals surface area (Å²) in [7, 11) is 0. The van der Waals surface area contributed by atoms with Gasteiger partial charge in [0, 0.05) is 11.1 Å². The van der Waals surface area contributed by atoms with Crippen LogP contribution in [0.3, 0.4) is 0 Å². The van der Waals surface area contributed by atoms with Gasteiger partial charge < -0.3 is 0 Å². The molecule has 0 saturated carbocycles. The Balaban J connectivity index is 1.25. The minimum Gasteiger partial charge on any atom is -0.236 e. The Kier molecular flexibility index (Phi) is 12.1. The zero-order valence-corrected chi connectivity index (χ0v) is 24.8. The monoisotopic (exact) mass is 536 g/mol. The number of aromatic nitrogens is 4. The molecule has 4 heteroatoms. The summed E-state index contributed by atoms with van der Waals surface area (Å²) < 4.78 is 8.96. The van der Waals surface area contributed by atoms with Crippen LogP contribution in [0.4, 0.5) is 0 Å². The third-order valence-electron chi connectivity index (χ3n) is 7.60. The van der Waals surface area contributed by atoms with Crippen molar-refractivity contribution in [1.29, 1.82) is 0 Å². The van der Waals surface area contributed by atoms with Crippen molar-refractivity contribution in [2.75, 3.05) is 0 Å². The van der Waals surface area contributed by atoms with Crippen molar-refractivity contribution >= 4 is 0 Å². The van der Waals surface area contributed by atoms with Crippen molar-refractivity contribution in [2.24, 2.45) is 0 Å². The van der Waals surface area contributed by atoms with Crippen LogP contribution in [-0.2, 0) is 13.1 Å². The lowest BCUT2D eigenvalue weighted by molar-refractivity contribution is -0.696. The first-order valence-corrected chi connectivity index (χ1v) is 15.6. The van der Waals surface area contributed by atoms with Crippen LogP contribution >= 0.6 is 0 Å². The summed E-state index contributed by atoms with van der Waals surface area (Å²) in [5.74, 6) is 6.65. The lowest BCUT2D eigenvalue weighted by Gasteiger charge is -1.99. The van der Waals surface area contributed by atoms with E-state index in [0.717, 1.165) is 35.6 Å². The third-order valence-corrected chi connectivity index (χ3v) is 7.60. The Morgan fingerprint density at radius 1 is 0.500 bits per heavy atom. The summed E-state index contributed by atoms with van der Waals surface area (Å²) in [5, 5.41) is 0. The Hall–Kier alpha value is -3.58. The van der Waals surface area contributed by atoms with Gasteiger partial charge in [0.1, 0.15) is 36.2 Å². The topological polar surface area (TPSA) is 17.6 Å². The van der Waals surface area contributed by atoms with Crippen molar-refractivity contribution in [2.45, 2.75) is 104 Å². The molecule has 0 unspecified atom stereocenters. The molecular formula is C36H48N4+2. The number of hydrogen-bond donors (Lipinski definition) is 0. The molecule has 0 aliphatic rings. The van der Waals surface area contributed by atoms with Gasteiger partial charge in [0.2, 0.25) is 12.7 Å². The minimum atomic E-state index is 1.03. The molecule has 0 saturated heterocycles. The van der Waals surface area contributed by atoms with Crippen LogP contribution in [0, 0.1) is 11.8 Å². The summed E-state index contributed by atoms with van der Waals surface area (Å²) in [4.78, 5) is 0. The van der Waals surface area contributed by atoms with E-state index in [0.29, 0.717) is 0 Å². The maximum Gasteiger partial charge on any atom is 0.248 e. The molecule has 2 aromatic carbocycles. The van der Waals surface area contributed by atoms with Gasteiger partial charge in [-0.1, -0.05) is 77.1 Å². The van der Waals surface area contributed by atoms with E-state index in [2.05, 4.69) is 130 Å². The molecule has 0 atom stereocenters. The fourth-order valence-corrected chi connectivity index (χ4v) is 5.09. The number of hydrogen-bond acceptors (Lipinski definition) is 0. The molecule has 0 amide bonds. The lowest BCUT2D eigenvalue weighted by atomic mass is 10.1. The Labute approximate surface area is 242 Å². The predicted octanol–water partition coefficient (Wildman–Crippen LogP) is 7.96. The molecule has 0 N–H and O–H groups in total. The molecule has 0 aliphatic carbocycles. The third kappa shape index (κ3) is 9.56. The zero-order chi connectivity index (χ0) is 27.8. The number of benzene rings is 2. The van der Waals surface area contributed by atoms with E-state index >= 15 is 0 Å². The van der Waals surface area contributed by atoms with Crippen LogP contribution in [0.2, 0.25) is 0 Å². The van der Waals surface area contributed by atoms with Crippen LogP contribution in [-0.4, -0.2) is 9.13 Å². The molecule has 2 heterocycles. The molecular weight excluding hydrogens is 488 g/mol. The fourth-order valence-electron chi connectivity index (χ4n) is 5.09. The van der Waals surface area contributed by atoms with Crippen LogP contribution in [0.25, 0.3) is 11.4 Å². The fraction of sp³-hybridized carbons (Fsp3) is 0.444. The molecule has 4 rings (SSSR count). The summed E-state index contributed by atoms with van der Waals surface area (Å²) in [5.41, 5.74) is 4.39. The van der Waals surface area contributed by atoms with Crippen LogP contribution < -0.4 is 9.13 Å². The van der Waals surface area contributed by atoms with Crippen molar-refractivity contribution < 1.29 is 9.13 Å². The zero-order valence-electron chi connectivity index (χ0n) is 24.8. The lowest BCUT2D eigenvalue weighted by Crippen LogP contribution is -2.30. The molecule has 210 valence electrons. The van der Waals surface area contributed by atoms with E-state index in [1.807, 2.05) is 0 Å². The van der Waals surface area contributed by atoms with Gasteiger partial charge in [0.05, 0.1) is 13.1 Å². The van der Waals surface area contributed by atoms with E-state index in [4.69, 9.17) is 0 Å². The predicted molar refractivity (Wildman–Crippen MR) is 165 cm³/mol. The van der Waals surface area contributed by atoms with E-state index in [9.17, 15) is 0 Å². The Bertz CT molecular complexity index is 1210. The molecule has 0 radical (unpaired) electrons. The number of aryl methyl sites for hydroxylation is 2. The summed E-state index contributed by atoms with van der Waals surface area (Å²) in [6, 6.07) is 17.0. The van der Waals surface area contributed by atoms with E-state index in [1.165, 1.54) is 77.0 Å².